The molecule has 0 aliphatic carbocycles. The van der Waals surface area contributed by atoms with Crippen LogP contribution in [0.5, 0.6) is 11.5 Å². The highest BCUT2D eigenvalue weighted by Gasteiger charge is 2.02. The first-order valence-corrected chi connectivity index (χ1v) is 8.98. The lowest BCUT2D eigenvalue weighted by Crippen LogP contribution is -2.25. The van der Waals surface area contributed by atoms with E-state index in [1.165, 1.54) is 4.90 Å². The van der Waals surface area contributed by atoms with Crippen molar-refractivity contribution in [3.05, 3.63) is 54.6 Å². The van der Waals surface area contributed by atoms with Crippen LogP contribution in [0.3, 0.4) is 0 Å². The molecule has 0 radical (unpaired) electrons. The van der Waals surface area contributed by atoms with Crippen LogP contribution >= 0.6 is 11.8 Å². The molecule has 4 nitrogen and oxygen atoms in total. The molecule has 0 atom stereocenters. The molecule has 1 amide bonds. The highest BCUT2D eigenvalue weighted by Crippen LogP contribution is 2.17. The SMILES string of the molecule is COc1ccc(OCCCC(=O)NCCSc2ccccc2)cc1. The normalized spacial score (nSPS) is 10.2. The molecule has 0 unspecified atom stereocenters. The Hall–Kier alpha value is -2.14. The van der Waals surface area contributed by atoms with Crippen molar-refractivity contribution >= 4 is 17.7 Å². The second-order valence-corrected chi connectivity index (χ2v) is 6.31. The van der Waals surface area contributed by atoms with Gasteiger partial charge in [-0.2, -0.15) is 0 Å². The molecule has 0 aromatic heterocycles. The summed E-state index contributed by atoms with van der Waals surface area (Å²) in [6.07, 6.45) is 1.18. The number of thioether (sulfide) groups is 1. The largest absolute Gasteiger partial charge is 0.497 e. The fourth-order valence-corrected chi connectivity index (χ4v) is 2.85. The van der Waals surface area contributed by atoms with Crippen molar-refractivity contribution in [1.82, 2.24) is 5.32 Å². The number of amides is 1. The van der Waals surface area contributed by atoms with Crippen LogP contribution in [-0.2, 0) is 4.79 Å². The molecule has 0 bridgehead atoms. The minimum absolute atomic E-state index is 0.0713. The maximum absolute atomic E-state index is 11.8. The Bertz CT molecular complexity index is 602. The topological polar surface area (TPSA) is 47.6 Å². The predicted octanol–water partition coefficient (Wildman–Crippen LogP) is 3.76. The second kappa shape index (κ2) is 10.6. The lowest BCUT2D eigenvalue weighted by atomic mass is 10.3. The highest BCUT2D eigenvalue weighted by atomic mass is 32.2. The molecule has 0 heterocycles. The smallest absolute Gasteiger partial charge is 0.220 e. The lowest BCUT2D eigenvalue weighted by molar-refractivity contribution is -0.121. The number of nitrogens with one attached hydrogen (secondary N) is 1. The summed E-state index contributed by atoms with van der Waals surface area (Å²) in [5.74, 6) is 2.53. The van der Waals surface area contributed by atoms with Gasteiger partial charge in [-0.1, -0.05) is 18.2 Å². The molecule has 2 aromatic rings. The van der Waals surface area contributed by atoms with Gasteiger partial charge in [0.25, 0.3) is 0 Å². The number of hydrogen-bond acceptors (Lipinski definition) is 4. The fraction of sp³-hybridized carbons (Fsp3) is 0.316. The average molecular weight is 345 g/mol. The van der Waals surface area contributed by atoms with Gasteiger partial charge in [0.2, 0.25) is 5.91 Å². The molecule has 0 aliphatic rings. The Morgan fingerprint density at radius 1 is 1.04 bits per heavy atom. The molecular formula is C19H23NO3S. The Balaban J connectivity index is 1.51. The van der Waals surface area contributed by atoms with Crippen molar-refractivity contribution in [2.24, 2.45) is 0 Å². The number of methoxy groups -OCH3 is 1. The van der Waals surface area contributed by atoms with E-state index in [4.69, 9.17) is 9.47 Å². The third-order valence-corrected chi connectivity index (χ3v) is 4.33. The summed E-state index contributed by atoms with van der Waals surface area (Å²) in [5, 5.41) is 2.93. The first kappa shape index (κ1) is 18.2. The van der Waals surface area contributed by atoms with Crippen molar-refractivity contribution in [3.8, 4) is 11.5 Å². The van der Waals surface area contributed by atoms with Gasteiger partial charge >= 0.3 is 0 Å². The van der Waals surface area contributed by atoms with Crippen LogP contribution in [0.1, 0.15) is 12.8 Å². The van der Waals surface area contributed by atoms with E-state index < -0.39 is 0 Å². The molecule has 0 saturated heterocycles. The van der Waals surface area contributed by atoms with Crippen molar-refractivity contribution in [1.29, 1.82) is 0 Å². The van der Waals surface area contributed by atoms with Gasteiger partial charge in [0.1, 0.15) is 11.5 Å². The summed E-state index contributed by atoms with van der Waals surface area (Å²) in [7, 11) is 1.63. The third-order valence-electron chi connectivity index (χ3n) is 3.31. The van der Waals surface area contributed by atoms with Crippen LogP contribution in [0.2, 0.25) is 0 Å². The summed E-state index contributed by atoms with van der Waals surface area (Å²) in [6, 6.07) is 17.6. The van der Waals surface area contributed by atoms with Gasteiger partial charge in [0.05, 0.1) is 13.7 Å². The molecule has 24 heavy (non-hydrogen) atoms. The minimum atomic E-state index is 0.0713. The Morgan fingerprint density at radius 3 is 2.46 bits per heavy atom. The number of hydrogen-bond donors (Lipinski definition) is 1. The van der Waals surface area contributed by atoms with Crippen LogP contribution in [0.25, 0.3) is 0 Å². The number of rotatable bonds is 10. The quantitative estimate of drug-likeness (QED) is 0.526. The Morgan fingerprint density at radius 2 is 1.75 bits per heavy atom. The molecule has 5 heteroatoms. The monoisotopic (exact) mass is 345 g/mol. The van der Waals surface area contributed by atoms with E-state index in [1.54, 1.807) is 18.9 Å². The second-order valence-electron chi connectivity index (χ2n) is 5.14. The molecule has 0 spiro atoms. The molecule has 0 fully saturated rings. The van der Waals surface area contributed by atoms with Gasteiger partial charge in [0.15, 0.2) is 0 Å². The van der Waals surface area contributed by atoms with Crippen LogP contribution in [0.4, 0.5) is 0 Å². The minimum Gasteiger partial charge on any atom is -0.497 e. The van der Waals surface area contributed by atoms with Crippen LogP contribution in [-0.4, -0.2) is 31.9 Å². The Kier molecular flexibility index (Phi) is 8.04. The molecular weight excluding hydrogens is 322 g/mol. The van der Waals surface area contributed by atoms with E-state index in [1.807, 2.05) is 42.5 Å². The summed E-state index contributed by atoms with van der Waals surface area (Å²) >= 11 is 1.74. The standard InChI is InChI=1S/C19H23NO3S/c1-22-16-9-11-17(12-10-16)23-14-5-8-19(21)20-13-15-24-18-6-3-2-4-7-18/h2-4,6-7,9-12H,5,8,13-15H2,1H3,(H,20,21). The summed E-state index contributed by atoms with van der Waals surface area (Å²) in [6.45, 7) is 1.20. The van der Waals surface area contributed by atoms with Gasteiger partial charge in [-0.05, 0) is 42.8 Å². The highest BCUT2D eigenvalue weighted by molar-refractivity contribution is 7.99. The first-order chi connectivity index (χ1) is 11.8. The summed E-state index contributed by atoms with van der Waals surface area (Å²) < 4.78 is 10.7. The van der Waals surface area contributed by atoms with Crippen molar-refractivity contribution in [2.75, 3.05) is 26.0 Å². The van der Waals surface area contributed by atoms with Crippen molar-refractivity contribution in [3.63, 3.8) is 0 Å². The molecule has 2 aromatic carbocycles. The molecule has 1 N–H and O–H groups in total. The van der Waals surface area contributed by atoms with E-state index in [0.717, 1.165) is 17.3 Å². The fourth-order valence-electron chi connectivity index (χ4n) is 2.06. The van der Waals surface area contributed by atoms with E-state index in [9.17, 15) is 4.79 Å². The summed E-state index contributed by atoms with van der Waals surface area (Å²) in [4.78, 5) is 13.0. The van der Waals surface area contributed by atoms with Gasteiger partial charge < -0.3 is 14.8 Å². The number of carbonyl (C=O) groups is 1. The van der Waals surface area contributed by atoms with E-state index in [2.05, 4.69) is 17.4 Å². The van der Waals surface area contributed by atoms with Crippen LogP contribution in [0.15, 0.2) is 59.5 Å². The lowest BCUT2D eigenvalue weighted by Gasteiger charge is -2.08. The zero-order valence-corrected chi connectivity index (χ0v) is 14.7. The third kappa shape index (κ3) is 6.96. The maximum atomic E-state index is 11.8. The summed E-state index contributed by atoms with van der Waals surface area (Å²) in [5.41, 5.74) is 0. The molecule has 2 rings (SSSR count). The number of carbonyl (C=O) groups excluding carboxylic acids is 1. The molecule has 128 valence electrons. The first-order valence-electron chi connectivity index (χ1n) is 7.99. The van der Waals surface area contributed by atoms with Crippen molar-refractivity contribution in [2.45, 2.75) is 17.7 Å². The maximum Gasteiger partial charge on any atom is 0.220 e. The molecule has 0 saturated carbocycles. The average Bonchev–Trinajstić information content (AvgIpc) is 2.64. The number of benzene rings is 2. The van der Waals surface area contributed by atoms with E-state index >= 15 is 0 Å². The Labute approximate surface area is 147 Å². The van der Waals surface area contributed by atoms with E-state index in [0.29, 0.717) is 26.0 Å². The van der Waals surface area contributed by atoms with Gasteiger partial charge in [-0.3, -0.25) is 4.79 Å². The van der Waals surface area contributed by atoms with Crippen LogP contribution in [0, 0.1) is 0 Å². The van der Waals surface area contributed by atoms with Crippen LogP contribution < -0.4 is 14.8 Å². The van der Waals surface area contributed by atoms with Gasteiger partial charge in [0, 0.05) is 23.6 Å². The van der Waals surface area contributed by atoms with Gasteiger partial charge in [-0.15, -0.1) is 11.8 Å². The number of ether oxygens (including phenoxy) is 2. The van der Waals surface area contributed by atoms with Crippen molar-refractivity contribution < 1.29 is 14.3 Å². The zero-order valence-electron chi connectivity index (χ0n) is 13.9. The van der Waals surface area contributed by atoms with Gasteiger partial charge in [-0.25, -0.2) is 0 Å². The molecule has 0 aliphatic heterocycles. The zero-order chi connectivity index (χ0) is 17.0. The predicted molar refractivity (Wildman–Crippen MR) is 97.9 cm³/mol. The van der Waals surface area contributed by atoms with E-state index in [-0.39, 0.29) is 5.91 Å².